The minimum atomic E-state index is 0.258. The Morgan fingerprint density at radius 3 is 2.00 bits per heavy atom. The van der Waals surface area contributed by atoms with Gasteiger partial charge in [0.25, 0.3) is 0 Å². The van der Waals surface area contributed by atoms with E-state index in [1.807, 2.05) is 0 Å². The van der Waals surface area contributed by atoms with Gasteiger partial charge in [-0.25, -0.2) is 0 Å². The van der Waals surface area contributed by atoms with Crippen molar-refractivity contribution in [2.45, 2.75) is 52.4 Å². The molecule has 1 saturated carbocycles. The first-order chi connectivity index (χ1) is 7.67. The van der Waals surface area contributed by atoms with Gasteiger partial charge in [-0.2, -0.15) is 0 Å². The van der Waals surface area contributed by atoms with Crippen LogP contribution in [-0.4, -0.2) is 36.2 Å². The maximum absolute atomic E-state index is 9.60. The lowest BCUT2D eigenvalue weighted by atomic mass is 9.73. The second-order valence-electron chi connectivity index (χ2n) is 6.22. The third-order valence-electron chi connectivity index (χ3n) is 5.18. The van der Waals surface area contributed by atoms with Crippen LogP contribution in [0.3, 0.4) is 0 Å². The van der Waals surface area contributed by atoms with Crippen molar-refractivity contribution < 1.29 is 5.11 Å². The molecule has 2 nitrogen and oxygen atoms in total. The predicted molar refractivity (Wildman–Crippen MR) is 67.4 cm³/mol. The summed E-state index contributed by atoms with van der Waals surface area (Å²) in [5.41, 5.74) is 0.864. The zero-order chi connectivity index (χ0) is 11.6. The molecule has 2 aliphatic rings. The second-order valence-corrected chi connectivity index (χ2v) is 6.22. The standard InChI is InChI=1S/C14H27NO/c1-3-13(4-2)9-15(10-13)11-14(12-16)7-5-6-8-14/h16H,3-12H2,1-2H3. The molecular formula is C14H27NO. The van der Waals surface area contributed by atoms with Crippen molar-refractivity contribution >= 4 is 0 Å². The minimum Gasteiger partial charge on any atom is -0.396 e. The number of hydrogen-bond acceptors (Lipinski definition) is 2. The van der Waals surface area contributed by atoms with Crippen LogP contribution in [0, 0.1) is 10.8 Å². The van der Waals surface area contributed by atoms with E-state index in [1.54, 1.807) is 0 Å². The van der Waals surface area contributed by atoms with E-state index in [0.29, 0.717) is 12.0 Å². The van der Waals surface area contributed by atoms with Crippen molar-refractivity contribution in [1.82, 2.24) is 4.90 Å². The molecule has 0 radical (unpaired) electrons. The monoisotopic (exact) mass is 225 g/mol. The summed E-state index contributed by atoms with van der Waals surface area (Å²) in [6.07, 6.45) is 7.75. The van der Waals surface area contributed by atoms with Crippen molar-refractivity contribution in [2.24, 2.45) is 10.8 Å². The lowest BCUT2D eigenvalue weighted by molar-refractivity contribution is -0.0442. The Bertz CT molecular complexity index is 221. The maximum Gasteiger partial charge on any atom is 0.0499 e. The Kier molecular flexibility index (Phi) is 3.60. The van der Waals surface area contributed by atoms with Gasteiger partial charge < -0.3 is 10.0 Å². The number of nitrogens with zero attached hydrogens (tertiary/aromatic N) is 1. The first-order valence-corrected chi connectivity index (χ1v) is 7.01. The molecule has 1 aliphatic carbocycles. The molecule has 0 aromatic heterocycles. The molecule has 0 bridgehead atoms. The Balaban J connectivity index is 1.84. The van der Waals surface area contributed by atoms with Crippen LogP contribution >= 0.6 is 0 Å². The highest BCUT2D eigenvalue weighted by atomic mass is 16.3. The summed E-state index contributed by atoms with van der Waals surface area (Å²) in [5.74, 6) is 0. The molecular weight excluding hydrogens is 198 g/mol. The predicted octanol–water partition coefficient (Wildman–Crippen LogP) is 2.66. The first-order valence-electron chi connectivity index (χ1n) is 7.01. The molecule has 2 fully saturated rings. The SMILES string of the molecule is CCC1(CC)CN(CC2(CO)CCCC2)C1. The molecule has 0 amide bonds. The third kappa shape index (κ3) is 2.14. The van der Waals surface area contributed by atoms with E-state index < -0.39 is 0 Å². The molecule has 0 aromatic rings. The third-order valence-corrected chi connectivity index (χ3v) is 5.18. The fraction of sp³-hybridized carbons (Fsp3) is 1.00. The zero-order valence-electron chi connectivity index (χ0n) is 11.0. The highest BCUT2D eigenvalue weighted by molar-refractivity contribution is 4.97. The van der Waals surface area contributed by atoms with Gasteiger partial charge in [-0.05, 0) is 31.1 Å². The van der Waals surface area contributed by atoms with Gasteiger partial charge in [-0.1, -0.05) is 26.7 Å². The van der Waals surface area contributed by atoms with Crippen molar-refractivity contribution in [3.05, 3.63) is 0 Å². The number of aliphatic hydroxyl groups excluding tert-OH is 1. The fourth-order valence-electron chi connectivity index (χ4n) is 3.68. The second kappa shape index (κ2) is 4.66. The Morgan fingerprint density at radius 1 is 1.00 bits per heavy atom. The molecule has 16 heavy (non-hydrogen) atoms. The largest absolute Gasteiger partial charge is 0.396 e. The van der Waals surface area contributed by atoms with Crippen LogP contribution in [0.5, 0.6) is 0 Å². The molecule has 0 atom stereocenters. The maximum atomic E-state index is 9.60. The minimum absolute atomic E-state index is 0.258. The van der Waals surface area contributed by atoms with Crippen LogP contribution in [0.4, 0.5) is 0 Å². The summed E-state index contributed by atoms with van der Waals surface area (Å²) < 4.78 is 0. The van der Waals surface area contributed by atoms with Gasteiger partial charge in [0.2, 0.25) is 0 Å². The van der Waals surface area contributed by atoms with Gasteiger partial charge in [0.05, 0.1) is 0 Å². The van der Waals surface area contributed by atoms with Gasteiger partial charge in [0.1, 0.15) is 0 Å². The molecule has 2 heteroatoms. The number of aliphatic hydroxyl groups is 1. The van der Waals surface area contributed by atoms with Crippen molar-refractivity contribution in [2.75, 3.05) is 26.2 Å². The van der Waals surface area contributed by atoms with E-state index in [2.05, 4.69) is 18.7 Å². The average molecular weight is 225 g/mol. The van der Waals surface area contributed by atoms with Gasteiger partial charge in [-0.15, -0.1) is 0 Å². The Hall–Kier alpha value is -0.0800. The van der Waals surface area contributed by atoms with Crippen molar-refractivity contribution in [3.8, 4) is 0 Å². The highest BCUT2D eigenvalue weighted by Crippen LogP contribution is 2.43. The molecule has 94 valence electrons. The summed E-state index contributed by atoms with van der Waals surface area (Å²) in [5, 5.41) is 9.60. The van der Waals surface area contributed by atoms with Crippen LogP contribution in [0.1, 0.15) is 52.4 Å². The molecule has 1 aliphatic heterocycles. The van der Waals surface area contributed by atoms with Crippen LogP contribution in [0.15, 0.2) is 0 Å². The number of likely N-dealkylation sites (tertiary alicyclic amines) is 1. The van der Waals surface area contributed by atoms with Crippen LogP contribution in [0.25, 0.3) is 0 Å². The van der Waals surface area contributed by atoms with Gasteiger partial charge in [-0.3, -0.25) is 0 Å². The summed E-state index contributed by atoms with van der Waals surface area (Å²) in [4.78, 5) is 2.58. The van der Waals surface area contributed by atoms with E-state index in [4.69, 9.17) is 0 Å². The van der Waals surface area contributed by atoms with Crippen LogP contribution < -0.4 is 0 Å². The topological polar surface area (TPSA) is 23.5 Å². The summed E-state index contributed by atoms with van der Waals surface area (Å²) in [6, 6.07) is 0. The molecule has 1 heterocycles. The zero-order valence-corrected chi connectivity index (χ0v) is 11.0. The lowest BCUT2D eigenvalue weighted by Crippen LogP contribution is -2.58. The molecule has 2 rings (SSSR count). The molecule has 1 N–H and O–H groups in total. The molecule has 0 unspecified atom stereocenters. The van der Waals surface area contributed by atoms with Crippen LogP contribution in [0.2, 0.25) is 0 Å². The Labute approximate surface area is 100 Å². The normalized spacial score (nSPS) is 27.9. The highest BCUT2D eigenvalue weighted by Gasteiger charge is 2.44. The summed E-state index contributed by atoms with van der Waals surface area (Å²) in [7, 11) is 0. The van der Waals surface area contributed by atoms with Crippen molar-refractivity contribution in [3.63, 3.8) is 0 Å². The average Bonchev–Trinajstić information content (AvgIpc) is 2.72. The fourth-order valence-corrected chi connectivity index (χ4v) is 3.68. The molecule has 0 aromatic carbocycles. The Morgan fingerprint density at radius 2 is 1.56 bits per heavy atom. The summed E-state index contributed by atoms with van der Waals surface area (Å²) >= 11 is 0. The smallest absolute Gasteiger partial charge is 0.0499 e. The first kappa shape index (κ1) is 12.4. The summed E-state index contributed by atoms with van der Waals surface area (Å²) in [6.45, 7) is 8.71. The molecule has 0 spiro atoms. The van der Waals surface area contributed by atoms with E-state index in [1.165, 1.54) is 51.6 Å². The lowest BCUT2D eigenvalue weighted by Gasteiger charge is -2.52. The van der Waals surface area contributed by atoms with Gasteiger partial charge >= 0.3 is 0 Å². The van der Waals surface area contributed by atoms with Gasteiger partial charge in [0, 0.05) is 31.7 Å². The van der Waals surface area contributed by atoms with Crippen molar-refractivity contribution in [1.29, 1.82) is 0 Å². The van der Waals surface area contributed by atoms with E-state index >= 15 is 0 Å². The van der Waals surface area contributed by atoms with E-state index in [-0.39, 0.29) is 5.41 Å². The quantitative estimate of drug-likeness (QED) is 0.777. The molecule has 1 saturated heterocycles. The van der Waals surface area contributed by atoms with E-state index in [0.717, 1.165) is 6.54 Å². The van der Waals surface area contributed by atoms with Gasteiger partial charge in [0.15, 0.2) is 0 Å². The number of hydrogen-bond donors (Lipinski definition) is 1. The van der Waals surface area contributed by atoms with Crippen LogP contribution in [-0.2, 0) is 0 Å². The number of rotatable bonds is 5. The van der Waals surface area contributed by atoms with E-state index in [9.17, 15) is 5.11 Å².